The number of carbonyl (C=O) groups excluding carboxylic acids is 4. The van der Waals surface area contributed by atoms with Gasteiger partial charge in [-0.15, -0.1) is 0 Å². The zero-order chi connectivity index (χ0) is 34.8. The molecule has 2 aromatic carbocycles. The van der Waals surface area contributed by atoms with Gasteiger partial charge in [-0.25, -0.2) is 15.0 Å². The third-order valence-corrected chi connectivity index (χ3v) is 6.24. The van der Waals surface area contributed by atoms with Crippen LogP contribution in [0, 0.1) is 0 Å². The summed E-state index contributed by atoms with van der Waals surface area (Å²) in [6.07, 6.45) is 11.2. The molecule has 2 aromatic rings. The van der Waals surface area contributed by atoms with Crippen LogP contribution in [0.1, 0.15) is 36.8 Å². The van der Waals surface area contributed by atoms with Crippen molar-refractivity contribution < 1.29 is 49.4 Å². The molecular formula is C32H37N6O9+. The van der Waals surface area contributed by atoms with Crippen LogP contribution in [0.4, 0.5) is 11.4 Å². The van der Waals surface area contributed by atoms with Gasteiger partial charge in [-0.05, 0) is 48.2 Å². The molecule has 2 rings (SSSR count). The molecule has 248 valence electrons. The van der Waals surface area contributed by atoms with E-state index in [1.807, 2.05) is 0 Å². The quantitative estimate of drug-likeness (QED) is 0.0576. The van der Waals surface area contributed by atoms with Crippen LogP contribution in [0.2, 0.25) is 0 Å². The number of benzene rings is 2. The molecule has 0 fully saturated rings. The lowest BCUT2D eigenvalue weighted by molar-refractivity contribution is -1.02. The van der Waals surface area contributed by atoms with E-state index in [0.29, 0.717) is 11.4 Å². The Morgan fingerprint density at radius 2 is 1.06 bits per heavy atom. The van der Waals surface area contributed by atoms with Gasteiger partial charge in [0.2, 0.25) is 23.6 Å². The van der Waals surface area contributed by atoms with E-state index in [9.17, 15) is 34.0 Å². The van der Waals surface area contributed by atoms with Crippen LogP contribution in [0.25, 0.3) is 12.2 Å². The summed E-state index contributed by atoms with van der Waals surface area (Å²) >= 11 is 0. The Morgan fingerprint density at radius 1 is 0.660 bits per heavy atom. The van der Waals surface area contributed by atoms with Gasteiger partial charge in [0.15, 0.2) is 5.69 Å². The van der Waals surface area contributed by atoms with Crippen LogP contribution in [-0.2, 0) is 28.8 Å². The fourth-order valence-electron chi connectivity index (χ4n) is 3.79. The number of hydrogen-bond acceptors (Lipinski definition) is 8. The fraction of sp³-hybridized carbons (Fsp3) is 0.188. The first kappa shape index (κ1) is 37.1. The lowest BCUT2D eigenvalue weighted by Gasteiger charge is -2.12. The third-order valence-electron chi connectivity index (χ3n) is 6.24. The number of carbonyl (C=O) groups is 6. The Bertz CT molecular complexity index is 1530. The second kappa shape index (κ2) is 19.4. The summed E-state index contributed by atoms with van der Waals surface area (Å²) in [5.74, 6) is -5.13. The zero-order valence-corrected chi connectivity index (χ0v) is 25.2. The van der Waals surface area contributed by atoms with Crippen LogP contribution >= 0.6 is 0 Å². The lowest BCUT2D eigenvalue weighted by Crippen LogP contribution is -3.08. The standard InChI is InChI=1S/C32H36N6O9/c33-27(39)19-17-25(31(43)44)35-29(41)7-3-1-5-21-9-13-23(14-10-21)37-38(47)24-15-11-22(12-16-24)6-2-4-8-30(42)36-26(32(45)46)18-20-28(34)40/h1-16,25-26,37,47H,17-20H2,(H2,33,39)(H2,34,40)(H,35,41)(H,36,42)(H,43,44)(H,45,46)/p+1. The van der Waals surface area contributed by atoms with Gasteiger partial charge in [0.05, 0.1) is 5.69 Å². The van der Waals surface area contributed by atoms with Crippen molar-refractivity contribution in [2.45, 2.75) is 37.8 Å². The number of nitrogens with two attached hydrogens (primary N) is 2. The minimum atomic E-state index is -1.27. The SMILES string of the molecule is NC(=O)CCC(NC(=O)C=CC=Cc1ccc(N[NH+](O)c2ccc(C=CC=CC(=O)NC(CCC(N)=O)C(=O)O)cc2)cc1)C(=O)O. The molecule has 0 aliphatic heterocycles. The van der Waals surface area contributed by atoms with Crippen molar-refractivity contribution in [1.82, 2.24) is 10.6 Å². The number of amides is 4. The largest absolute Gasteiger partial charge is 0.480 e. The first-order chi connectivity index (χ1) is 22.3. The number of allylic oxidation sites excluding steroid dienone is 4. The molecule has 4 amide bonds. The average molecular weight is 650 g/mol. The Hall–Kier alpha value is -6.06. The number of aliphatic carboxylic acids is 2. The predicted octanol–water partition coefficient (Wildman–Crippen LogP) is 0.428. The van der Waals surface area contributed by atoms with Gasteiger partial charge < -0.3 is 32.3 Å². The molecule has 11 N–H and O–H groups in total. The predicted molar refractivity (Wildman–Crippen MR) is 171 cm³/mol. The van der Waals surface area contributed by atoms with E-state index in [0.717, 1.165) is 23.3 Å². The van der Waals surface area contributed by atoms with Crippen LogP contribution in [0.15, 0.2) is 85.0 Å². The van der Waals surface area contributed by atoms with Gasteiger partial charge in [-0.3, -0.25) is 19.2 Å². The van der Waals surface area contributed by atoms with E-state index >= 15 is 0 Å². The second-order valence-electron chi connectivity index (χ2n) is 9.96. The molecule has 0 radical (unpaired) electrons. The topological polar surface area (TPSA) is 256 Å². The zero-order valence-electron chi connectivity index (χ0n) is 25.2. The van der Waals surface area contributed by atoms with Gasteiger partial charge in [0.1, 0.15) is 12.1 Å². The summed E-state index contributed by atoms with van der Waals surface area (Å²) in [6, 6.07) is 11.4. The molecule has 47 heavy (non-hydrogen) atoms. The summed E-state index contributed by atoms with van der Waals surface area (Å²) in [4.78, 5) is 68.1. The summed E-state index contributed by atoms with van der Waals surface area (Å²) in [6.45, 7) is 0. The van der Waals surface area contributed by atoms with Crippen LogP contribution in [-0.4, -0.2) is 63.1 Å². The molecule has 0 saturated heterocycles. The van der Waals surface area contributed by atoms with Crippen molar-refractivity contribution in [3.8, 4) is 0 Å². The normalized spacial score (nSPS) is 13.4. The van der Waals surface area contributed by atoms with E-state index in [1.54, 1.807) is 72.8 Å². The molecule has 15 heteroatoms. The summed E-state index contributed by atoms with van der Waals surface area (Å²) in [7, 11) is 0. The first-order valence-electron chi connectivity index (χ1n) is 14.2. The monoisotopic (exact) mass is 649 g/mol. The van der Waals surface area contributed by atoms with E-state index < -0.39 is 47.7 Å². The molecule has 0 heterocycles. The molecule has 0 aliphatic rings. The van der Waals surface area contributed by atoms with Crippen molar-refractivity contribution in [1.29, 1.82) is 0 Å². The number of carboxylic acids is 2. The Balaban J connectivity index is 1.84. The highest BCUT2D eigenvalue weighted by atomic mass is 16.5. The number of primary amides is 2. The minimum absolute atomic E-state index is 0.0888. The van der Waals surface area contributed by atoms with Crippen molar-refractivity contribution in [2.24, 2.45) is 11.5 Å². The molecule has 0 spiro atoms. The second-order valence-corrected chi connectivity index (χ2v) is 9.96. The van der Waals surface area contributed by atoms with Crippen molar-refractivity contribution >= 4 is 59.1 Å². The Kier molecular flexibility index (Phi) is 15.3. The maximum Gasteiger partial charge on any atom is 0.326 e. The van der Waals surface area contributed by atoms with Crippen molar-refractivity contribution in [3.63, 3.8) is 0 Å². The van der Waals surface area contributed by atoms with Crippen molar-refractivity contribution in [2.75, 3.05) is 5.43 Å². The van der Waals surface area contributed by atoms with Gasteiger partial charge in [-0.2, -0.15) is 5.21 Å². The molecule has 15 nitrogen and oxygen atoms in total. The lowest BCUT2D eigenvalue weighted by atomic mass is 10.1. The fourth-order valence-corrected chi connectivity index (χ4v) is 3.79. The number of rotatable bonds is 19. The molecule has 3 unspecified atom stereocenters. The summed E-state index contributed by atoms with van der Waals surface area (Å²) in [5.41, 5.74) is 15.6. The maximum atomic E-state index is 12.0. The van der Waals surface area contributed by atoms with E-state index in [2.05, 4.69) is 16.1 Å². The maximum absolute atomic E-state index is 12.0. The third kappa shape index (κ3) is 15.0. The summed E-state index contributed by atoms with van der Waals surface area (Å²) < 4.78 is 0. The molecule has 0 saturated carbocycles. The van der Waals surface area contributed by atoms with Gasteiger partial charge in [0, 0.05) is 37.1 Å². The Morgan fingerprint density at radius 3 is 1.45 bits per heavy atom. The van der Waals surface area contributed by atoms with E-state index in [-0.39, 0.29) is 30.9 Å². The number of quaternary nitrogens is 1. The highest BCUT2D eigenvalue weighted by molar-refractivity contribution is 5.92. The number of carboxylic acid groups (broad SMARTS) is 2. The van der Waals surface area contributed by atoms with E-state index in [4.69, 9.17) is 21.7 Å². The van der Waals surface area contributed by atoms with Crippen LogP contribution in [0.3, 0.4) is 0 Å². The Labute approximate surface area is 269 Å². The first-order valence-corrected chi connectivity index (χ1v) is 14.2. The highest BCUT2D eigenvalue weighted by Crippen LogP contribution is 2.11. The molecule has 0 aromatic heterocycles. The molecule has 0 bridgehead atoms. The van der Waals surface area contributed by atoms with Gasteiger partial charge in [-0.1, -0.05) is 53.8 Å². The van der Waals surface area contributed by atoms with Crippen molar-refractivity contribution in [3.05, 3.63) is 96.1 Å². The number of anilines is 1. The van der Waals surface area contributed by atoms with E-state index in [1.165, 1.54) is 12.2 Å². The average Bonchev–Trinajstić information content (AvgIpc) is 3.02. The van der Waals surface area contributed by atoms with Crippen LogP contribution < -0.4 is 32.7 Å². The number of nitrogens with one attached hydrogen (secondary N) is 4. The molecule has 3 atom stereocenters. The minimum Gasteiger partial charge on any atom is -0.480 e. The summed E-state index contributed by atoms with van der Waals surface area (Å²) in [5, 5.41) is 33.3. The van der Waals surface area contributed by atoms with Crippen LogP contribution in [0.5, 0.6) is 0 Å². The highest BCUT2D eigenvalue weighted by Gasteiger charge is 2.20. The number of hydrogen-bond donors (Lipinski definition) is 9. The molecule has 0 aliphatic carbocycles. The van der Waals surface area contributed by atoms with Gasteiger partial charge >= 0.3 is 11.9 Å². The van der Waals surface area contributed by atoms with Gasteiger partial charge in [0.25, 0.3) is 0 Å². The smallest absolute Gasteiger partial charge is 0.326 e. The molecular weight excluding hydrogens is 612 g/mol.